The van der Waals surface area contributed by atoms with Crippen LogP contribution in [0.25, 0.3) is 0 Å². The van der Waals surface area contributed by atoms with Crippen molar-refractivity contribution in [2.45, 2.75) is 17.9 Å². The molecule has 0 saturated heterocycles. The number of nitrogens with zero attached hydrogens (tertiary/aromatic N) is 2. The molecule has 0 saturated carbocycles. The predicted octanol–water partition coefficient (Wildman–Crippen LogP) is 3.06. The number of carbonyl (C=O) groups excluding carboxylic acids is 1. The van der Waals surface area contributed by atoms with Crippen LogP contribution in [0, 0.1) is 11.6 Å². The van der Waals surface area contributed by atoms with E-state index >= 15 is 0 Å². The van der Waals surface area contributed by atoms with Crippen LogP contribution in [0.2, 0.25) is 0 Å². The Morgan fingerprint density at radius 2 is 1.68 bits per heavy atom. The van der Waals surface area contributed by atoms with Crippen molar-refractivity contribution >= 4 is 15.9 Å². The minimum atomic E-state index is -3.84. The summed E-state index contributed by atoms with van der Waals surface area (Å²) in [7, 11) is 1.75. The molecule has 0 N–H and O–H groups in total. The van der Waals surface area contributed by atoms with E-state index in [1.54, 1.807) is 6.92 Å². The van der Waals surface area contributed by atoms with Crippen LogP contribution in [-0.4, -0.2) is 51.8 Å². The van der Waals surface area contributed by atoms with Gasteiger partial charge in [-0.1, -0.05) is 6.07 Å². The molecule has 1 amide bonds. The first kappa shape index (κ1) is 21.8. The molecule has 0 aliphatic rings. The first-order chi connectivity index (χ1) is 13.0. The number of ether oxygens (including phenoxy) is 1. The summed E-state index contributed by atoms with van der Waals surface area (Å²) in [5.41, 5.74) is 0.530. The number of amides is 1. The van der Waals surface area contributed by atoms with Gasteiger partial charge in [-0.25, -0.2) is 21.5 Å². The molecule has 0 fully saturated rings. The van der Waals surface area contributed by atoms with Crippen LogP contribution in [-0.2, 0) is 10.0 Å². The first-order valence-corrected chi connectivity index (χ1v) is 9.77. The molecule has 28 heavy (non-hydrogen) atoms. The number of methoxy groups -OCH3 is 1. The minimum Gasteiger partial charge on any atom is -0.495 e. The summed E-state index contributed by atoms with van der Waals surface area (Å²) in [5.74, 6) is -2.34. The lowest BCUT2D eigenvalue weighted by molar-refractivity contribution is 0.0742. The van der Waals surface area contributed by atoms with Gasteiger partial charge < -0.3 is 9.64 Å². The van der Waals surface area contributed by atoms with E-state index in [2.05, 4.69) is 0 Å². The Balaban J connectivity index is 2.41. The van der Waals surface area contributed by atoms with Crippen LogP contribution in [0.5, 0.6) is 5.75 Å². The summed E-state index contributed by atoms with van der Waals surface area (Å²) in [6.07, 6.45) is 0. The van der Waals surface area contributed by atoms with Crippen LogP contribution in [0.3, 0.4) is 0 Å². The smallest absolute Gasteiger partial charge is 0.254 e. The van der Waals surface area contributed by atoms with Crippen LogP contribution < -0.4 is 4.74 Å². The van der Waals surface area contributed by atoms with Gasteiger partial charge in [0.05, 0.1) is 13.2 Å². The van der Waals surface area contributed by atoms with E-state index in [0.717, 1.165) is 16.4 Å². The van der Waals surface area contributed by atoms with Crippen LogP contribution in [0.1, 0.15) is 28.9 Å². The highest BCUT2D eigenvalue weighted by molar-refractivity contribution is 7.89. The molecule has 6 nitrogen and oxygen atoms in total. The van der Waals surface area contributed by atoms with Gasteiger partial charge in [0, 0.05) is 26.7 Å². The van der Waals surface area contributed by atoms with E-state index in [9.17, 15) is 22.0 Å². The second-order valence-electron chi connectivity index (χ2n) is 6.42. The number of hydrogen-bond donors (Lipinski definition) is 0. The van der Waals surface area contributed by atoms with Crippen molar-refractivity contribution in [1.29, 1.82) is 0 Å². The maximum atomic E-state index is 13.5. The van der Waals surface area contributed by atoms with Gasteiger partial charge in [-0.3, -0.25) is 4.79 Å². The predicted molar refractivity (Wildman–Crippen MR) is 101 cm³/mol. The molecule has 9 heteroatoms. The van der Waals surface area contributed by atoms with Gasteiger partial charge in [-0.05, 0) is 42.8 Å². The monoisotopic (exact) mass is 412 g/mol. The van der Waals surface area contributed by atoms with E-state index in [4.69, 9.17) is 4.74 Å². The van der Waals surface area contributed by atoms with E-state index in [-0.39, 0.29) is 16.2 Å². The van der Waals surface area contributed by atoms with Gasteiger partial charge in [0.25, 0.3) is 5.91 Å². The number of halogens is 2. The maximum absolute atomic E-state index is 13.5. The van der Waals surface area contributed by atoms with Crippen LogP contribution >= 0.6 is 0 Å². The van der Waals surface area contributed by atoms with E-state index in [1.807, 2.05) is 0 Å². The molecule has 0 aliphatic carbocycles. The zero-order valence-electron chi connectivity index (χ0n) is 16.2. The summed E-state index contributed by atoms with van der Waals surface area (Å²) in [6, 6.07) is 6.94. The molecule has 1 unspecified atom stereocenters. The van der Waals surface area contributed by atoms with Crippen molar-refractivity contribution in [3.05, 3.63) is 59.2 Å². The average Bonchev–Trinajstić information content (AvgIpc) is 2.67. The summed E-state index contributed by atoms with van der Waals surface area (Å²) < 4.78 is 57.8. The number of hydrogen-bond acceptors (Lipinski definition) is 4. The lowest BCUT2D eigenvalue weighted by Crippen LogP contribution is -2.30. The molecule has 0 bridgehead atoms. The third kappa shape index (κ3) is 4.15. The molecule has 1 atom stereocenters. The number of sulfonamides is 1. The van der Waals surface area contributed by atoms with Gasteiger partial charge in [0.2, 0.25) is 10.0 Å². The zero-order valence-corrected chi connectivity index (χ0v) is 17.0. The summed E-state index contributed by atoms with van der Waals surface area (Å²) >= 11 is 0. The minimum absolute atomic E-state index is 0.113. The fraction of sp³-hybridized carbons (Fsp3) is 0.316. The van der Waals surface area contributed by atoms with Crippen LogP contribution in [0.4, 0.5) is 8.78 Å². The van der Waals surface area contributed by atoms with Gasteiger partial charge in [0.15, 0.2) is 11.6 Å². The molecule has 0 aromatic heterocycles. The summed E-state index contributed by atoms with van der Waals surface area (Å²) in [4.78, 5) is 14.0. The highest BCUT2D eigenvalue weighted by Gasteiger charge is 2.26. The highest BCUT2D eigenvalue weighted by Crippen LogP contribution is 2.29. The van der Waals surface area contributed by atoms with Crippen molar-refractivity contribution in [2.75, 3.05) is 28.3 Å². The molecular formula is C19H22F2N2O4S. The molecule has 0 heterocycles. The zero-order chi connectivity index (χ0) is 21.2. The second-order valence-corrected chi connectivity index (χ2v) is 8.54. The van der Waals surface area contributed by atoms with Crippen LogP contribution in [0.15, 0.2) is 41.3 Å². The fourth-order valence-electron chi connectivity index (χ4n) is 2.58. The number of benzene rings is 2. The molecule has 2 rings (SSSR count). The highest BCUT2D eigenvalue weighted by atomic mass is 32.2. The normalized spacial score (nSPS) is 12.7. The topological polar surface area (TPSA) is 66.9 Å². The Bertz CT molecular complexity index is 993. The Labute approximate surface area is 163 Å². The van der Waals surface area contributed by atoms with E-state index in [1.165, 1.54) is 57.4 Å². The quantitative estimate of drug-likeness (QED) is 0.732. The van der Waals surface area contributed by atoms with E-state index in [0.29, 0.717) is 5.56 Å². The molecule has 0 spiro atoms. The third-order valence-corrected chi connectivity index (χ3v) is 6.33. The van der Waals surface area contributed by atoms with Crippen molar-refractivity contribution < 1.29 is 26.7 Å². The average molecular weight is 412 g/mol. The molecule has 0 aliphatic heterocycles. The number of carbonyl (C=O) groups is 1. The Morgan fingerprint density at radius 3 is 2.21 bits per heavy atom. The van der Waals surface area contributed by atoms with Gasteiger partial charge >= 0.3 is 0 Å². The molecule has 2 aromatic rings. The molecule has 2 aromatic carbocycles. The SMILES string of the molecule is COc1ccc(C(=O)N(C)C(C)c2ccc(F)c(F)c2)cc1S(=O)(=O)N(C)C. The van der Waals surface area contributed by atoms with Crippen molar-refractivity contribution in [1.82, 2.24) is 9.21 Å². The van der Waals surface area contributed by atoms with Crippen molar-refractivity contribution in [3.63, 3.8) is 0 Å². The number of rotatable bonds is 6. The van der Waals surface area contributed by atoms with Gasteiger partial charge in [-0.15, -0.1) is 0 Å². The molecular weight excluding hydrogens is 390 g/mol. The largest absolute Gasteiger partial charge is 0.495 e. The second kappa shape index (κ2) is 8.24. The standard InChI is InChI=1S/C19H22F2N2O4S/c1-12(13-6-8-15(20)16(21)10-13)23(4)19(24)14-7-9-17(27-5)18(11-14)28(25,26)22(2)3/h6-12H,1-5H3. The Morgan fingerprint density at radius 1 is 1.04 bits per heavy atom. The van der Waals surface area contributed by atoms with Gasteiger partial charge in [0.1, 0.15) is 10.6 Å². The lowest BCUT2D eigenvalue weighted by Gasteiger charge is -2.26. The maximum Gasteiger partial charge on any atom is 0.254 e. The van der Waals surface area contributed by atoms with E-state index < -0.39 is 33.6 Å². The lowest BCUT2D eigenvalue weighted by atomic mass is 10.1. The third-order valence-electron chi connectivity index (χ3n) is 4.50. The molecule has 0 radical (unpaired) electrons. The van der Waals surface area contributed by atoms with Crippen molar-refractivity contribution in [3.8, 4) is 5.75 Å². The fourth-order valence-corrected chi connectivity index (χ4v) is 3.66. The summed E-state index contributed by atoms with van der Waals surface area (Å²) in [6.45, 7) is 1.66. The van der Waals surface area contributed by atoms with Gasteiger partial charge in [-0.2, -0.15) is 0 Å². The first-order valence-electron chi connectivity index (χ1n) is 8.33. The van der Waals surface area contributed by atoms with Crippen molar-refractivity contribution in [2.24, 2.45) is 0 Å². The Kier molecular flexibility index (Phi) is 6.41. The Hall–Kier alpha value is -2.52. The summed E-state index contributed by atoms with van der Waals surface area (Å²) in [5, 5.41) is 0. The molecule has 152 valence electrons.